The number of ether oxygens (including phenoxy) is 1. The van der Waals surface area contributed by atoms with Gasteiger partial charge in [-0.3, -0.25) is 4.79 Å². The van der Waals surface area contributed by atoms with Crippen molar-refractivity contribution in [2.24, 2.45) is 5.92 Å². The molecule has 2 aliphatic rings. The second-order valence-corrected chi connectivity index (χ2v) is 8.41. The van der Waals surface area contributed by atoms with E-state index in [0.717, 1.165) is 42.9 Å². The van der Waals surface area contributed by atoms with Crippen LogP contribution in [0.5, 0.6) is 0 Å². The largest absolute Gasteiger partial charge is 0.364 e. The molecule has 0 aromatic carbocycles. The Hall–Kier alpha value is -1.42. The van der Waals surface area contributed by atoms with Crippen molar-refractivity contribution >= 4 is 22.2 Å². The van der Waals surface area contributed by atoms with Crippen LogP contribution in [0.25, 0.3) is 0 Å². The fourth-order valence-electron chi connectivity index (χ4n) is 3.89. The molecule has 4 atom stereocenters. The second-order valence-electron chi connectivity index (χ2n) is 7.31. The Balaban J connectivity index is 1.67. The average molecular weight is 348 g/mol. The van der Waals surface area contributed by atoms with Gasteiger partial charge in [0.15, 0.2) is 6.54 Å². The van der Waals surface area contributed by atoms with Crippen LogP contribution in [0, 0.1) is 17.2 Å². The minimum Gasteiger partial charge on any atom is -0.364 e. The van der Waals surface area contributed by atoms with Crippen molar-refractivity contribution in [3.05, 3.63) is 16.0 Å². The van der Waals surface area contributed by atoms with Crippen molar-refractivity contribution in [1.29, 1.82) is 5.26 Å². The summed E-state index contributed by atoms with van der Waals surface area (Å²) in [4.78, 5) is 15.0. The summed E-state index contributed by atoms with van der Waals surface area (Å²) >= 11 is 1.59. The highest BCUT2D eigenvalue weighted by Crippen LogP contribution is 2.39. The molecule has 2 heterocycles. The van der Waals surface area contributed by atoms with E-state index in [2.05, 4.69) is 32.2 Å². The molecule has 2 N–H and O–H groups in total. The zero-order valence-corrected chi connectivity index (χ0v) is 15.5. The number of amides is 1. The maximum Gasteiger partial charge on any atom is 0.280 e. The van der Waals surface area contributed by atoms with Gasteiger partial charge in [0, 0.05) is 4.88 Å². The van der Waals surface area contributed by atoms with Crippen molar-refractivity contribution in [2.45, 2.75) is 52.2 Å². The summed E-state index contributed by atoms with van der Waals surface area (Å²) in [6, 6.07) is 2.31. The quantitative estimate of drug-likeness (QED) is 0.867. The molecule has 1 fully saturated rings. The fraction of sp³-hybridized carbons (Fsp3) is 0.667. The lowest BCUT2D eigenvalue weighted by Crippen LogP contribution is -3.16. The molecule has 1 saturated heterocycles. The third-order valence-electron chi connectivity index (χ3n) is 4.90. The molecule has 6 heteroatoms. The maximum atomic E-state index is 12.5. The molecule has 1 aromatic heterocycles. The molecule has 1 amide bonds. The Morgan fingerprint density at radius 2 is 2.08 bits per heavy atom. The van der Waals surface area contributed by atoms with Gasteiger partial charge >= 0.3 is 0 Å². The summed E-state index contributed by atoms with van der Waals surface area (Å²) < 4.78 is 5.72. The van der Waals surface area contributed by atoms with Crippen molar-refractivity contribution in [1.82, 2.24) is 0 Å². The van der Waals surface area contributed by atoms with Gasteiger partial charge in [0.05, 0.1) is 5.56 Å². The first-order valence-electron chi connectivity index (χ1n) is 8.79. The molecule has 0 bridgehead atoms. The Morgan fingerprint density at radius 1 is 1.38 bits per heavy atom. The van der Waals surface area contributed by atoms with Crippen molar-refractivity contribution in [3.8, 4) is 6.07 Å². The van der Waals surface area contributed by atoms with Crippen LogP contribution in [0.1, 0.15) is 43.2 Å². The summed E-state index contributed by atoms with van der Waals surface area (Å²) in [5.74, 6) is 0.654. The van der Waals surface area contributed by atoms with E-state index in [1.807, 2.05) is 0 Å². The van der Waals surface area contributed by atoms with Crippen LogP contribution < -0.4 is 10.2 Å². The van der Waals surface area contributed by atoms with Crippen molar-refractivity contribution in [3.63, 3.8) is 0 Å². The van der Waals surface area contributed by atoms with Crippen molar-refractivity contribution < 1.29 is 14.4 Å². The first kappa shape index (κ1) is 17.4. The van der Waals surface area contributed by atoms with E-state index in [9.17, 15) is 10.1 Å². The molecule has 0 spiro atoms. The van der Waals surface area contributed by atoms with Gasteiger partial charge < -0.3 is 15.0 Å². The molecule has 5 nitrogen and oxygen atoms in total. The highest BCUT2D eigenvalue weighted by molar-refractivity contribution is 7.16. The number of nitriles is 1. The lowest BCUT2D eigenvalue weighted by Gasteiger charge is -2.31. The van der Waals surface area contributed by atoms with Crippen LogP contribution >= 0.6 is 11.3 Å². The van der Waals surface area contributed by atoms with Crippen LogP contribution in [-0.2, 0) is 22.4 Å². The normalized spacial score (nSPS) is 29.6. The van der Waals surface area contributed by atoms with Gasteiger partial charge in [0.2, 0.25) is 0 Å². The minimum atomic E-state index is -0.00514. The lowest BCUT2D eigenvalue weighted by atomic mass is 9.89. The summed E-state index contributed by atoms with van der Waals surface area (Å²) in [7, 11) is 0. The van der Waals surface area contributed by atoms with Crippen LogP contribution in [0.2, 0.25) is 0 Å². The van der Waals surface area contributed by atoms with Gasteiger partial charge in [-0.05, 0) is 44.6 Å². The second kappa shape index (κ2) is 7.22. The number of fused-ring (bicyclic) bond motifs is 1. The molecule has 130 valence electrons. The standard InChI is InChI=1S/C18H25N3O2S/c1-11-4-5-14-15(7-19)18(24-16(14)6-11)20-17(22)10-21-8-12(2)23-13(3)9-21/h11-13H,4-6,8-10H2,1-3H3,(H,20,22)/p+1/t11-,12-,13+/m0/s1. The predicted molar refractivity (Wildman–Crippen MR) is 94.4 cm³/mol. The molecular weight excluding hydrogens is 322 g/mol. The Labute approximate surface area is 147 Å². The molecule has 0 saturated carbocycles. The van der Waals surface area contributed by atoms with Crippen LogP contribution in [-0.4, -0.2) is 37.7 Å². The van der Waals surface area contributed by atoms with E-state index in [0.29, 0.717) is 18.0 Å². The van der Waals surface area contributed by atoms with Gasteiger partial charge in [-0.1, -0.05) is 6.92 Å². The molecular formula is C18H26N3O2S+. The highest BCUT2D eigenvalue weighted by Gasteiger charge is 2.29. The monoisotopic (exact) mass is 348 g/mol. The van der Waals surface area contributed by atoms with Gasteiger partial charge in [0.1, 0.15) is 36.4 Å². The molecule has 0 radical (unpaired) electrons. The molecule has 1 aliphatic carbocycles. The molecule has 1 aromatic rings. The predicted octanol–water partition coefficient (Wildman–Crippen LogP) is 1.38. The van der Waals surface area contributed by atoms with Crippen LogP contribution in [0.3, 0.4) is 0 Å². The van der Waals surface area contributed by atoms with Gasteiger partial charge in [-0.2, -0.15) is 5.26 Å². The fourth-order valence-corrected chi connectivity index (χ4v) is 5.27. The Morgan fingerprint density at radius 3 is 2.75 bits per heavy atom. The number of rotatable bonds is 3. The third-order valence-corrected chi connectivity index (χ3v) is 6.07. The van der Waals surface area contributed by atoms with E-state index >= 15 is 0 Å². The first-order valence-corrected chi connectivity index (χ1v) is 9.61. The van der Waals surface area contributed by atoms with E-state index in [1.54, 1.807) is 11.3 Å². The number of anilines is 1. The average Bonchev–Trinajstić information content (AvgIpc) is 2.81. The Kier molecular flexibility index (Phi) is 5.24. The topological polar surface area (TPSA) is 66.6 Å². The number of thiophene rings is 1. The van der Waals surface area contributed by atoms with E-state index < -0.39 is 0 Å². The highest BCUT2D eigenvalue weighted by atomic mass is 32.1. The number of hydrogen-bond acceptors (Lipinski definition) is 4. The lowest BCUT2D eigenvalue weighted by molar-refractivity contribution is -0.907. The number of carbonyl (C=O) groups excluding carboxylic acids is 1. The smallest absolute Gasteiger partial charge is 0.280 e. The molecule has 24 heavy (non-hydrogen) atoms. The summed E-state index contributed by atoms with van der Waals surface area (Å²) in [6.07, 6.45) is 3.46. The number of morpholine rings is 1. The van der Waals surface area contributed by atoms with Gasteiger partial charge in [-0.15, -0.1) is 11.3 Å². The minimum absolute atomic E-state index is 0.00514. The number of nitrogens with one attached hydrogen (secondary N) is 2. The van der Waals surface area contributed by atoms with E-state index in [1.165, 1.54) is 9.78 Å². The molecule has 1 unspecified atom stereocenters. The molecule has 1 aliphatic heterocycles. The third kappa shape index (κ3) is 3.80. The van der Waals surface area contributed by atoms with Crippen LogP contribution in [0.4, 0.5) is 5.00 Å². The first-order chi connectivity index (χ1) is 11.5. The summed E-state index contributed by atoms with van der Waals surface area (Å²) in [5.41, 5.74) is 1.85. The zero-order chi connectivity index (χ0) is 17.3. The maximum absolute atomic E-state index is 12.5. The summed E-state index contributed by atoms with van der Waals surface area (Å²) in [5, 5.41) is 13.3. The van der Waals surface area contributed by atoms with E-state index in [-0.39, 0.29) is 18.1 Å². The SMILES string of the molecule is C[C@H]1CCc2c(sc(NC(=O)C[NH+]3C[C@@H](C)O[C@@H](C)C3)c2C#N)C1. The van der Waals surface area contributed by atoms with Crippen LogP contribution in [0.15, 0.2) is 0 Å². The summed E-state index contributed by atoms with van der Waals surface area (Å²) in [6.45, 7) is 8.48. The van der Waals surface area contributed by atoms with Gasteiger partial charge in [-0.25, -0.2) is 0 Å². The zero-order valence-electron chi connectivity index (χ0n) is 14.6. The number of carbonyl (C=O) groups is 1. The number of hydrogen-bond donors (Lipinski definition) is 2. The Bertz CT molecular complexity index is 654. The van der Waals surface area contributed by atoms with Gasteiger partial charge in [0.25, 0.3) is 5.91 Å². The molecule has 3 rings (SSSR count). The van der Waals surface area contributed by atoms with E-state index in [4.69, 9.17) is 4.74 Å². The van der Waals surface area contributed by atoms with Crippen molar-refractivity contribution in [2.75, 3.05) is 25.0 Å². The number of nitrogens with zero attached hydrogens (tertiary/aromatic N) is 1. The number of quaternary nitrogens is 1.